The molecule has 0 bridgehead atoms. The Bertz CT molecular complexity index is 388. The van der Waals surface area contributed by atoms with Crippen LogP contribution in [-0.4, -0.2) is 17.6 Å². The predicted molar refractivity (Wildman–Crippen MR) is 69.2 cm³/mol. The minimum absolute atomic E-state index is 0.0910. The molecule has 0 saturated carbocycles. The van der Waals surface area contributed by atoms with Crippen molar-refractivity contribution in [3.8, 4) is 0 Å². The Morgan fingerprint density at radius 1 is 1.35 bits per heavy atom. The molecule has 0 spiro atoms. The maximum atomic E-state index is 10.9. The fourth-order valence-corrected chi connectivity index (χ4v) is 1.78. The summed E-state index contributed by atoms with van der Waals surface area (Å²) in [5.41, 5.74) is 3.50. The van der Waals surface area contributed by atoms with Crippen molar-refractivity contribution in [2.45, 2.75) is 39.7 Å². The third-order valence-corrected chi connectivity index (χ3v) is 2.95. The molecule has 0 radical (unpaired) electrons. The summed E-state index contributed by atoms with van der Waals surface area (Å²) >= 11 is 0. The highest BCUT2D eigenvalue weighted by Gasteiger charge is 2.14. The molecule has 1 rings (SSSR count). The SMILES string of the molecule is CCCNC(CC(=O)O)c1ccc(C)c(C)c1. The van der Waals surface area contributed by atoms with E-state index in [1.807, 2.05) is 12.1 Å². The number of carboxylic acids is 1. The first kappa shape index (κ1) is 13.7. The third kappa shape index (κ3) is 4.19. The number of nitrogens with one attached hydrogen (secondary N) is 1. The number of carboxylic acid groups (broad SMARTS) is 1. The molecular weight excluding hydrogens is 214 g/mol. The fourth-order valence-electron chi connectivity index (χ4n) is 1.78. The molecule has 0 aliphatic carbocycles. The lowest BCUT2D eigenvalue weighted by Crippen LogP contribution is -2.24. The van der Waals surface area contributed by atoms with E-state index in [1.165, 1.54) is 11.1 Å². The minimum atomic E-state index is -0.767. The van der Waals surface area contributed by atoms with Crippen LogP contribution in [-0.2, 0) is 4.79 Å². The fraction of sp³-hybridized carbons (Fsp3) is 0.500. The highest BCUT2D eigenvalue weighted by Crippen LogP contribution is 2.20. The lowest BCUT2D eigenvalue weighted by atomic mass is 9.99. The van der Waals surface area contributed by atoms with Gasteiger partial charge in [-0.25, -0.2) is 0 Å². The van der Waals surface area contributed by atoms with Crippen LogP contribution in [0.1, 0.15) is 42.5 Å². The van der Waals surface area contributed by atoms with Crippen molar-refractivity contribution in [1.29, 1.82) is 0 Å². The average molecular weight is 235 g/mol. The van der Waals surface area contributed by atoms with Crippen molar-refractivity contribution < 1.29 is 9.90 Å². The summed E-state index contributed by atoms with van der Waals surface area (Å²) in [7, 11) is 0. The number of aryl methyl sites for hydroxylation is 2. The van der Waals surface area contributed by atoms with Gasteiger partial charge < -0.3 is 10.4 Å². The number of carbonyl (C=O) groups is 1. The molecule has 0 heterocycles. The quantitative estimate of drug-likeness (QED) is 0.797. The monoisotopic (exact) mass is 235 g/mol. The summed E-state index contributed by atoms with van der Waals surface area (Å²) in [4.78, 5) is 10.9. The largest absolute Gasteiger partial charge is 0.481 e. The Morgan fingerprint density at radius 2 is 2.06 bits per heavy atom. The zero-order valence-corrected chi connectivity index (χ0v) is 10.8. The molecule has 0 saturated heterocycles. The second-order valence-corrected chi connectivity index (χ2v) is 4.45. The van der Waals surface area contributed by atoms with Crippen LogP contribution in [0.4, 0.5) is 0 Å². The second kappa shape index (κ2) is 6.40. The van der Waals surface area contributed by atoms with Crippen LogP contribution in [0.25, 0.3) is 0 Å². The van der Waals surface area contributed by atoms with Gasteiger partial charge in [0.1, 0.15) is 0 Å². The molecule has 2 N–H and O–H groups in total. The van der Waals surface area contributed by atoms with Crippen molar-refractivity contribution in [1.82, 2.24) is 5.32 Å². The Balaban J connectivity index is 2.86. The molecule has 0 fully saturated rings. The van der Waals surface area contributed by atoms with Gasteiger partial charge in [0.15, 0.2) is 0 Å². The minimum Gasteiger partial charge on any atom is -0.481 e. The van der Waals surface area contributed by atoms with Gasteiger partial charge in [-0.2, -0.15) is 0 Å². The van der Waals surface area contributed by atoms with Crippen molar-refractivity contribution >= 4 is 5.97 Å². The van der Waals surface area contributed by atoms with Crippen LogP contribution < -0.4 is 5.32 Å². The Morgan fingerprint density at radius 3 is 2.59 bits per heavy atom. The Kier molecular flexibility index (Phi) is 5.16. The molecule has 3 heteroatoms. The van der Waals surface area contributed by atoms with Crippen LogP contribution in [0, 0.1) is 13.8 Å². The molecule has 1 unspecified atom stereocenters. The number of aliphatic carboxylic acids is 1. The number of hydrogen-bond acceptors (Lipinski definition) is 2. The van der Waals surface area contributed by atoms with E-state index in [1.54, 1.807) is 0 Å². The van der Waals surface area contributed by atoms with E-state index >= 15 is 0 Å². The first-order valence-corrected chi connectivity index (χ1v) is 6.07. The summed E-state index contributed by atoms with van der Waals surface area (Å²) in [6.07, 6.45) is 1.13. The Hall–Kier alpha value is -1.35. The first-order valence-electron chi connectivity index (χ1n) is 6.07. The Labute approximate surface area is 103 Å². The standard InChI is InChI=1S/C14H21NO2/c1-4-7-15-13(9-14(16)17)12-6-5-10(2)11(3)8-12/h5-6,8,13,15H,4,7,9H2,1-3H3,(H,16,17). The van der Waals surface area contributed by atoms with Crippen LogP contribution in [0.5, 0.6) is 0 Å². The van der Waals surface area contributed by atoms with Crippen LogP contribution in [0.3, 0.4) is 0 Å². The molecular formula is C14H21NO2. The molecule has 0 aliphatic heterocycles. The van der Waals surface area contributed by atoms with Gasteiger partial charge in [-0.1, -0.05) is 25.1 Å². The van der Waals surface area contributed by atoms with E-state index < -0.39 is 5.97 Å². The predicted octanol–water partition coefficient (Wildman–Crippen LogP) is 2.82. The van der Waals surface area contributed by atoms with Crippen molar-refractivity contribution in [2.24, 2.45) is 0 Å². The molecule has 0 aliphatic rings. The smallest absolute Gasteiger partial charge is 0.305 e. The van der Waals surface area contributed by atoms with E-state index in [0.717, 1.165) is 18.5 Å². The van der Waals surface area contributed by atoms with Crippen molar-refractivity contribution in [3.05, 3.63) is 34.9 Å². The van der Waals surface area contributed by atoms with Crippen LogP contribution in [0.2, 0.25) is 0 Å². The van der Waals surface area contributed by atoms with E-state index in [-0.39, 0.29) is 12.5 Å². The van der Waals surface area contributed by atoms with Gasteiger partial charge in [-0.15, -0.1) is 0 Å². The van der Waals surface area contributed by atoms with Crippen molar-refractivity contribution in [3.63, 3.8) is 0 Å². The summed E-state index contributed by atoms with van der Waals surface area (Å²) in [6.45, 7) is 7.03. The maximum Gasteiger partial charge on any atom is 0.305 e. The maximum absolute atomic E-state index is 10.9. The molecule has 1 aromatic carbocycles. The van der Waals surface area contributed by atoms with Crippen LogP contribution in [0.15, 0.2) is 18.2 Å². The first-order chi connectivity index (χ1) is 8.04. The second-order valence-electron chi connectivity index (χ2n) is 4.45. The van der Waals surface area contributed by atoms with Crippen molar-refractivity contribution in [2.75, 3.05) is 6.54 Å². The van der Waals surface area contributed by atoms with E-state index in [4.69, 9.17) is 5.11 Å². The summed E-state index contributed by atoms with van der Waals surface area (Å²) in [6, 6.07) is 6.05. The van der Waals surface area contributed by atoms with Crippen LogP contribution >= 0.6 is 0 Å². The molecule has 1 aromatic rings. The molecule has 17 heavy (non-hydrogen) atoms. The molecule has 0 aromatic heterocycles. The summed E-state index contributed by atoms with van der Waals surface area (Å²) in [5.74, 6) is -0.767. The highest BCUT2D eigenvalue weighted by molar-refractivity contribution is 5.68. The normalized spacial score (nSPS) is 12.4. The number of rotatable bonds is 6. The van der Waals surface area contributed by atoms with E-state index in [9.17, 15) is 4.79 Å². The highest BCUT2D eigenvalue weighted by atomic mass is 16.4. The van der Waals surface area contributed by atoms with E-state index in [2.05, 4.69) is 32.2 Å². The number of hydrogen-bond donors (Lipinski definition) is 2. The molecule has 3 nitrogen and oxygen atoms in total. The van der Waals surface area contributed by atoms with Gasteiger partial charge in [0.05, 0.1) is 6.42 Å². The summed E-state index contributed by atoms with van der Waals surface area (Å²) in [5, 5.41) is 12.2. The number of benzene rings is 1. The summed E-state index contributed by atoms with van der Waals surface area (Å²) < 4.78 is 0. The molecule has 94 valence electrons. The lowest BCUT2D eigenvalue weighted by molar-refractivity contribution is -0.137. The van der Waals surface area contributed by atoms with Gasteiger partial charge >= 0.3 is 5.97 Å². The zero-order chi connectivity index (χ0) is 12.8. The van der Waals surface area contributed by atoms with Gasteiger partial charge in [0.2, 0.25) is 0 Å². The van der Waals surface area contributed by atoms with E-state index in [0.29, 0.717) is 0 Å². The van der Waals surface area contributed by atoms with Gasteiger partial charge in [-0.3, -0.25) is 4.79 Å². The molecule has 0 amide bonds. The van der Waals surface area contributed by atoms with Gasteiger partial charge in [-0.05, 0) is 43.5 Å². The topological polar surface area (TPSA) is 49.3 Å². The van der Waals surface area contributed by atoms with Gasteiger partial charge in [0.25, 0.3) is 0 Å². The average Bonchev–Trinajstić information content (AvgIpc) is 2.27. The molecule has 1 atom stereocenters. The lowest BCUT2D eigenvalue weighted by Gasteiger charge is -2.18. The van der Waals surface area contributed by atoms with Gasteiger partial charge in [0, 0.05) is 6.04 Å². The third-order valence-electron chi connectivity index (χ3n) is 2.95. The zero-order valence-electron chi connectivity index (χ0n) is 10.8.